The largest absolute Gasteiger partial charge is 0.480 e. The second-order valence-electron chi connectivity index (χ2n) is 5.21. The van der Waals surface area contributed by atoms with E-state index in [1.54, 1.807) is 13.8 Å². The van der Waals surface area contributed by atoms with Crippen LogP contribution >= 0.6 is 0 Å². The highest BCUT2D eigenvalue weighted by molar-refractivity contribution is 5.88. The van der Waals surface area contributed by atoms with Gasteiger partial charge in [0, 0.05) is 6.04 Å². The van der Waals surface area contributed by atoms with Crippen LogP contribution in [0.1, 0.15) is 27.2 Å². The predicted octanol–water partition coefficient (Wildman–Crippen LogP) is -0.0343. The predicted molar refractivity (Wildman–Crippen MR) is 65.9 cm³/mol. The molecule has 0 aromatic rings. The number of carboxylic acid groups (broad SMARTS) is 1. The van der Waals surface area contributed by atoms with Gasteiger partial charge in [-0.1, -0.05) is 20.3 Å². The number of nitrogens with one attached hydrogen (secondary N) is 1. The number of amides is 1. The van der Waals surface area contributed by atoms with Crippen molar-refractivity contribution in [2.75, 3.05) is 13.2 Å². The highest BCUT2D eigenvalue weighted by atomic mass is 16.5. The number of aliphatic carboxylic acids is 1. The van der Waals surface area contributed by atoms with Gasteiger partial charge in [0.25, 0.3) is 0 Å². The summed E-state index contributed by atoms with van der Waals surface area (Å²) in [6, 6.07) is -1.28. The van der Waals surface area contributed by atoms with Gasteiger partial charge in [-0.3, -0.25) is 4.79 Å². The molecular weight excluding hydrogens is 236 g/mol. The maximum absolute atomic E-state index is 12.2. The van der Waals surface area contributed by atoms with Crippen molar-refractivity contribution in [3.05, 3.63) is 0 Å². The van der Waals surface area contributed by atoms with Gasteiger partial charge < -0.3 is 20.9 Å². The molecule has 1 saturated heterocycles. The van der Waals surface area contributed by atoms with Gasteiger partial charge >= 0.3 is 5.97 Å². The van der Waals surface area contributed by atoms with Gasteiger partial charge in [0.1, 0.15) is 6.04 Å². The number of nitrogens with two attached hydrogens (primary N) is 1. The number of carbonyl (C=O) groups excluding carboxylic acids is 1. The molecule has 4 N–H and O–H groups in total. The summed E-state index contributed by atoms with van der Waals surface area (Å²) in [6.07, 6.45) is 0.677. The van der Waals surface area contributed by atoms with Crippen LogP contribution in [0, 0.1) is 11.3 Å². The topological polar surface area (TPSA) is 102 Å². The molecule has 104 valence electrons. The summed E-state index contributed by atoms with van der Waals surface area (Å²) >= 11 is 0. The van der Waals surface area contributed by atoms with Crippen molar-refractivity contribution in [1.29, 1.82) is 0 Å². The van der Waals surface area contributed by atoms with E-state index in [0.29, 0.717) is 13.0 Å². The van der Waals surface area contributed by atoms with Crippen molar-refractivity contribution in [2.45, 2.75) is 39.3 Å². The van der Waals surface area contributed by atoms with Gasteiger partial charge in [0.15, 0.2) is 0 Å². The Hall–Kier alpha value is -1.14. The fraction of sp³-hybridized carbons (Fsp3) is 0.833. The first-order chi connectivity index (χ1) is 8.32. The summed E-state index contributed by atoms with van der Waals surface area (Å²) < 4.78 is 5.19. The average Bonchev–Trinajstić information content (AvgIpc) is 2.66. The molecule has 0 aliphatic carbocycles. The lowest BCUT2D eigenvalue weighted by atomic mass is 9.84. The van der Waals surface area contributed by atoms with Crippen LogP contribution in [-0.2, 0) is 14.3 Å². The van der Waals surface area contributed by atoms with E-state index >= 15 is 0 Å². The minimum atomic E-state index is -1.02. The van der Waals surface area contributed by atoms with E-state index in [-0.39, 0.29) is 18.4 Å². The summed E-state index contributed by atoms with van der Waals surface area (Å²) in [5.74, 6) is -1.50. The maximum atomic E-state index is 12.2. The van der Waals surface area contributed by atoms with Crippen LogP contribution in [0.4, 0.5) is 0 Å². The van der Waals surface area contributed by atoms with Crippen molar-refractivity contribution in [1.82, 2.24) is 5.32 Å². The molecule has 1 amide bonds. The van der Waals surface area contributed by atoms with E-state index in [9.17, 15) is 9.59 Å². The number of carbonyl (C=O) groups is 2. The summed E-state index contributed by atoms with van der Waals surface area (Å²) in [5.41, 5.74) is 5.00. The second kappa shape index (κ2) is 5.67. The molecule has 6 nitrogen and oxygen atoms in total. The highest BCUT2D eigenvalue weighted by Crippen LogP contribution is 2.27. The standard InChI is InChI=1S/C12H22N2O4/c1-4-7(2)9(10(15)16)14-11(17)12(3)6-18-5-8(12)13/h7-9H,4-6,13H2,1-3H3,(H,14,17)(H,15,16). The Kier molecular flexibility index (Phi) is 4.70. The van der Waals surface area contributed by atoms with Gasteiger partial charge in [0.2, 0.25) is 5.91 Å². The third-order valence-electron chi connectivity index (χ3n) is 3.80. The van der Waals surface area contributed by atoms with Crippen LogP contribution in [0.15, 0.2) is 0 Å². The number of hydrogen-bond acceptors (Lipinski definition) is 4. The molecule has 0 radical (unpaired) electrons. The van der Waals surface area contributed by atoms with Crippen LogP contribution < -0.4 is 11.1 Å². The van der Waals surface area contributed by atoms with E-state index in [4.69, 9.17) is 15.6 Å². The van der Waals surface area contributed by atoms with Crippen molar-refractivity contribution in [2.24, 2.45) is 17.1 Å². The van der Waals surface area contributed by atoms with Crippen LogP contribution in [0.2, 0.25) is 0 Å². The normalized spacial score (nSPS) is 30.8. The third kappa shape index (κ3) is 2.81. The first-order valence-corrected chi connectivity index (χ1v) is 6.20. The SMILES string of the molecule is CCC(C)C(NC(=O)C1(C)COCC1N)C(=O)O. The Balaban J connectivity index is 2.75. The third-order valence-corrected chi connectivity index (χ3v) is 3.80. The van der Waals surface area contributed by atoms with Crippen LogP contribution in [0.3, 0.4) is 0 Å². The zero-order chi connectivity index (χ0) is 13.9. The van der Waals surface area contributed by atoms with Crippen LogP contribution in [0.25, 0.3) is 0 Å². The Labute approximate surface area is 107 Å². The molecule has 18 heavy (non-hydrogen) atoms. The molecule has 1 heterocycles. The Morgan fingerprint density at radius 3 is 2.61 bits per heavy atom. The van der Waals surface area contributed by atoms with Crippen LogP contribution in [-0.4, -0.2) is 42.3 Å². The molecule has 0 saturated carbocycles. The molecule has 1 aliphatic rings. The second-order valence-corrected chi connectivity index (χ2v) is 5.21. The summed E-state index contributed by atoms with van der Waals surface area (Å²) in [5, 5.41) is 11.7. The molecular formula is C12H22N2O4. The molecule has 1 rings (SSSR count). The van der Waals surface area contributed by atoms with E-state index in [1.807, 2.05) is 6.92 Å². The molecule has 0 spiro atoms. The molecule has 4 atom stereocenters. The van der Waals surface area contributed by atoms with Gasteiger partial charge in [-0.2, -0.15) is 0 Å². The lowest BCUT2D eigenvalue weighted by molar-refractivity contribution is -0.145. The van der Waals surface area contributed by atoms with E-state index in [0.717, 1.165) is 0 Å². The number of rotatable bonds is 5. The van der Waals surface area contributed by atoms with Crippen molar-refractivity contribution < 1.29 is 19.4 Å². The fourth-order valence-electron chi connectivity index (χ4n) is 1.91. The summed E-state index contributed by atoms with van der Waals surface area (Å²) in [7, 11) is 0. The maximum Gasteiger partial charge on any atom is 0.326 e. The summed E-state index contributed by atoms with van der Waals surface area (Å²) in [4.78, 5) is 23.3. The Bertz CT molecular complexity index is 334. The first-order valence-electron chi connectivity index (χ1n) is 6.20. The lowest BCUT2D eigenvalue weighted by Crippen LogP contribution is -2.55. The van der Waals surface area contributed by atoms with Gasteiger partial charge in [0.05, 0.1) is 18.6 Å². The van der Waals surface area contributed by atoms with E-state index < -0.39 is 23.5 Å². The minimum Gasteiger partial charge on any atom is -0.480 e. The Morgan fingerprint density at radius 2 is 2.22 bits per heavy atom. The first kappa shape index (κ1) is 14.9. The molecule has 4 unspecified atom stereocenters. The molecule has 0 aromatic heterocycles. The van der Waals surface area contributed by atoms with Crippen molar-refractivity contribution in [3.8, 4) is 0 Å². The summed E-state index contributed by atoms with van der Waals surface area (Å²) in [6.45, 7) is 5.94. The monoisotopic (exact) mass is 258 g/mol. The fourth-order valence-corrected chi connectivity index (χ4v) is 1.91. The molecule has 1 fully saturated rings. The average molecular weight is 258 g/mol. The number of hydrogen-bond donors (Lipinski definition) is 3. The molecule has 6 heteroatoms. The number of carboxylic acids is 1. The highest BCUT2D eigenvalue weighted by Gasteiger charge is 2.45. The molecule has 0 bridgehead atoms. The zero-order valence-electron chi connectivity index (χ0n) is 11.1. The smallest absolute Gasteiger partial charge is 0.326 e. The van der Waals surface area contributed by atoms with Gasteiger partial charge in [-0.25, -0.2) is 4.79 Å². The Morgan fingerprint density at radius 1 is 1.61 bits per heavy atom. The van der Waals surface area contributed by atoms with Crippen LogP contribution in [0.5, 0.6) is 0 Å². The quantitative estimate of drug-likeness (QED) is 0.642. The van der Waals surface area contributed by atoms with Crippen molar-refractivity contribution >= 4 is 11.9 Å². The molecule has 1 aliphatic heterocycles. The zero-order valence-corrected chi connectivity index (χ0v) is 11.1. The lowest BCUT2D eigenvalue weighted by Gasteiger charge is -2.29. The van der Waals surface area contributed by atoms with Gasteiger partial charge in [-0.15, -0.1) is 0 Å². The molecule has 0 aromatic carbocycles. The van der Waals surface area contributed by atoms with Crippen molar-refractivity contribution in [3.63, 3.8) is 0 Å². The van der Waals surface area contributed by atoms with Gasteiger partial charge in [-0.05, 0) is 12.8 Å². The van der Waals surface area contributed by atoms with E-state index in [2.05, 4.69) is 5.32 Å². The van der Waals surface area contributed by atoms with E-state index in [1.165, 1.54) is 0 Å². The number of ether oxygens (including phenoxy) is 1. The minimum absolute atomic E-state index is 0.131.